The predicted octanol–water partition coefficient (Wildman–Crippen LogP) is 4.37. The molecule has 0 fully saturated rings. The Balaban J connectivity index is 1.68. The summed E-state index contributed by atoms with van der Waals surface area (Å²) in [5.41, 5.74) is 5.92. The average Bonchev–Trinajstić information content (AvgIpc) is 3.31. The minimum absolute atomic E-state index is 0.0168. The van der Waals surface area contributed by atoms with Crippen LogP contribution in [0.4, 0.5) is 5.00 Å². The quantitative estimate of drug-likeness (QED) is 0.280. The molecule has 2 aromatic heterocycles. The summed E-state index contributed by atoms with van der Waals surface area (Å²) in [6.45, 7) is 6.84. The normalized spacial score (nSPS) is 11.9. The van der Waals surface area contributed by atoms with Crippen LogP contribution in [0, 0.1) is 6.92 Å². The number of esters is 1. The molecule has 0 aliphatic rings. The lowest BCUT2D eigenvalue weighted by Gasteiger charge is -2.14. The Morgan fingerprint density at radius 2 is 1.97 bits per heavy atom. The van der Waals surface area contributed by atoms with E-state index in [1.807, 2.05) is 6.92 Å². The molecular formula is C23H26ClN5O5S2. The molecule has 0 aliphatic heterocycles. The van der Waals surface area contributed by atoms with Gasteiger partial charge >= 0.3 is 5.97 Å². The summed E-state index contributed by atoms with van der Waals surface area (Å²) in [5, 5.41) is 12.3. The van der Waals surface area contributed by atoms with Crippen LogP contribution in [0.1, 0.15) is 58.3 Å². The third kappa shape index (κ3) is 6.56. The number of nitrogens with zero attached hydrogens (tertiary/aromatic N) is 3. The van der Waals surface area contributed by atoms with E-state index >= 15 is 0 Å². The van der Waals surface area contributed by atoms with Gasteiger partial charge < -0.3 is 25.1 Å². The highest BCUT2D eigenvalue weighted by Gasteiger charge is 2.26. The maximum Gasteiger partial charge on any atom is 0.341 e. The molecule has 0 radical (unpaired) electrons. The van der Waals surface area contributed by atoms with Crippen molar-refractivity contribution in [2.75, 3.05) is 11.1 Å². The van der Waals surface area contributed by atoms with E-state index < -0.39 is 23.9 Å². The van der Waals surface area contributed by atoms with Crippen LogP contribution in [0.25, 0.3) is 0 Å². The standard InChI is InChI=1S/C23H26ClN5O5S2/c1-11(2)33-22(32)17-12(3)18(19(25)31)36-21(17)26-16(30)10-35-23-28-27-20(29(23)5)13(4)34-15-8-6-7-14(24)9-15/h6-9,11,13H,10H2,1-5H3,(H2,25,31)(H,26,30). The van der Waals surface area contributed by atoms with E-state index in [4.69, 9.17) is 26.8 Å². The van der Waals surface area contributed by atoms with E-state index in [1.54, 1.807) is 56.7 Å². The summed E-state index contributed by atoms with van der Waals surface area (Å²) >= 11 is 8.11. The highest BCUT2D eigenvalue weighted by molar-refractivity contribution is 7.99. The van der Waals surface area contributed by atoms with Crippen molar-refractivity contribution in [3.8, 4) is 5.75 Å². The number of halogens is 1. The lowest BCUT2D eigenvalue weighted by atomic mass is 10.1. The number of rotatable bonds is 10. The first kappa shape index (κ1) is 27.5. The summed E-state index contributed by atoms with van der Waals surface area (Å²) in [5.74, 6) is -0.579. The monoisotopic (exact) mass is 551 g/mol. The molecule has 3 rings (SSSR count). The van der Waals surface area contributed by atoms with Crippen LogP contribution in [0.3, 0.4) is 0 Å². The highest BCUT2D eigenvalue weighted by atomic mass is 35.5. The van der Waals surface area contributed by atoms with Crippen LogP contribution in [0.5, 0.6) is 5.75 Å². The summed E-state index contributed by atoms with van der Waals surface area (Å²) < 4.78 is 12.9. The molecule has 13 heteroatoms. The van der Waals surface area contributed by atoms with Gasteiger partial charge in [0.1, 0.15) is 10.8 Å². The lowest BCUT2D eigenvalue weighted by Crippen LogP contribution is -2.18. The second-order valence-corrected chi connectivity index (χ2v) is 10.4. The molecule has 36 heavy (non-hydrogen) atoms. The zero-order valence-corrected chi connectivity index (χ0v) is 22.7. The first-order valence-electron chi connectivity index (χ1n) is 10.9. The minimum Gasteiger partial charge on any atom is -0.483 e. The van der Waals surface area contributed by atoms with Crippen molar-refractivity contribution in [2.45, 2.75) is 45.1 Å². The van der Waals surface area contributed by atoms with Crippen LogP contribution >= 0.6 is 34.7 Å². The third-order valence-electron chi connectivity index (χ3n) is 4.84. The number of hydrogen-bond acceptors (Lipinski definition) is 9. The second kappa shape index (κ2) is 11.8. The van der Waals surface area contributed by atoms with Crippen molar-refractivity contribution in [1.82, 2.24) is 14.8 Å². The van der Waals surface area contributed by atoms with Gasteiger partial charge in [0.25, 0.3) is 5.91 Å². The van der Waals surface area contributed by atoms with E-state index in [0.717, 1.165) is 23.1 Å². The van der Waals surface area contributed by atoms with Gasteiger partial charge in [0.15, 0.2) is 17.1 Å². The van der Waals surface area contributed by atoms with E-state index in [2.05, 4.69) is 15.5 Å². The zero-order chi connectivity index (χ0) is 26.6. The molecule has 0 bridgehead atoms. The average molecular weight is 552 g/mol. The molecule has 0 spiro atoms. The predicted molar refractivity (Wildman–Crippen MR) is 139 cm³/mol. The Kier molecular flexibility index (Phi) is 8.98. The van der Waals surface area contributed by atoms with Crippen LogP contribution in [0.15, 0.2) is 29.4 Å². The molecule has 1 unspecified atom stereocenters. The van der Waals surface area contributed by atoms with Gasteiger partial charge in [-0.15, -0.1) is 21.5 Å². The highest BCUT2D eigenvalue weighted by Crippen LogP contribution is 2.34. The molecule has 0 aliphatic carbocycles. The Labute approximate surface area is 221 Å². The zero-order valence-electron chi connectivity index (χ0n) is 20.3. The van der Waals surface area contributed by atoms with Gasteiger partial charge in [0.2, 0.25) is 5.91 Å². The summed E-state index contributed by atoms with van der Waals surface area (Å²) in [6.07, 6.45) is -0.789. The van der Waals surface area contributed by atoms with Gasteiger partial charge in [-0.05, 0) is 51.5 Å². The molecule has 3 N–H and O–H groups in total. The molecule has 0 saturated carbocycles. The first-order chi connectivity index (χ1) is 17.0. The third-order valence-corrected chi connectivity index (χ3v) is 7.32. The molecule has 2 amide bonds. The molecule has 1 atom stereocenters. The van der Waals surface area contributed by atoms with Crippen LogP contribution in [-0.4, -0.2) is 44.4 Å². The number of primary amides is 1. The fourth-order valence-corrected chi connectivity index (χ4v) is 5.21. The van der Waals surface area contributed by atoms with Crippen LogP contribution in [-0.2, 0) is 16.6 Å². The van der Waals surface area contributed by atoms with Gasteiger partial charge in [-0.2, -0.15) is 0 Å². The minimum atomic E-state index is -0.688. The number of anilines is 1. The van der Waals surface area contributed by atoms with Crippen molar-refractivity contribution in [3.05, 3.63) is 51.1 Å². The number of thioether (sulfide) groups is 1. The smallest absolute Gasteiger partial charge is 0.341 e. The van der Waals surface area contributed by atoms with Gasteiger partial charge in [-0.3, -0.25) is 9.59 Å². The first-order valence-corrected chi connectivity index (χ1v) is 13.0. The molecule has 192 valence electrons. The Bertz CT molecular complexity index is 1290. The number of ether oxygens (including phenoxy) is 2. The van der Waals surface area contributed by atoms with Gasteiger partial charge in [-0.1, -0.05) is 29.4 Å². The SMILES string of the molecule is Cc1c(C(N)=O)sc(NC(=O)CSc2nnc(C(C)Oc3cccc(Cl)c3)n2C)c1C(=O)OC(C)C. The van der Waals surface area contributed by atoms with Gasteiger partial charge in [0, 0.05) is 12.1 Å². The van der Waals surface area contributed by atoms with Crippen molar-refractivity contribution in [3.63, 3.8) is 0 Å². The number of hydrogen-bond donors (Lipinski definition) is 2. The van der Waals surface area contributed by atoms with Crippen molar-refractivity contribution >= 4 is 57.5 Å². The number of amides is 2. The molecule has 2 heterocycles. The number of aromatic nitrogens is 3. The Hall–Kier alpha value is -3.09. The maximum absolute atomic E-state index is 12.7. The second-order valence-electron chi connectivity index (χ2n) is 8.03. The summed E-state index contributed by atoms with van der Waals surface area (Å²) in [4.78, 5) is 37.3. The van der Waals surface area contributed by atoms with E-state index in [9.17, 15) is 14.4 Å². The van der Waals surface area contributed by atoms with Crippen molar-refractivity contribution in [2.24, 2.45) is 12.8 Å². The van der Waals surface area contributed by atoms with E-state index in [1.165, 1.54) is 0 Å². The maximum atomic E-state index is 12.7. The molecule has 10 nitrogen and oxygen atoms in total. The van der Waals surface area contributed by atoms with Crippen molar-refractivity contribution in [1.29, 1.82) is 0 Å². The number of benzene rings is 1. The fraction of sp³-hybridized carbons (Fsp3) is 0.348. The lowest BCUT2D eigenvalue weighted by molar-refractivity contribution is -0.113. The topological polar surface area (TPSA) is 138 Å². The number of nitrogens with two attached hydrogens (primary N) is 1. The molecular weight excluding hydrogens is 526 g/mol. The molecule has 0 saturated heterocycles. The van der Waals surface area contributed by atoms with Crippen LogP contribution in [0.2, 0.25) is 5.02 Å². The van der Waals surface area contributed by atoms with Gasteiger partial charge in [0.05, 0.1) is 22.3 Å². The summed E-state index contributed by atoms with van der Waals surface area (Å²) in [7, 11) is 1.77. The fourth-order valence-electron chi connectivity index (χ4n) is 3.25. The Morgan fingerprint density at radius 3 is 2.61 bits per heavy atom. The number of thiophene rings is 1. The Morgan fingerprint density at radius 1 is 1.25 bits per heavy atom. The largest absolute Gasteiger partial charge is 0.483 e. The number of carbonyl (C=O) groups is 3. The molecule has 3 aromatic rings. The molecule has 1 aromatic carbocycles. The van der Waals surface area contributed by atoms with E-state index in [-0.39, 0.29) is 27.3 Å². The summed E-state index contributed by atoms with van der Waals surface area (Å²) in [6, 6.07) is 7.04. The van der Waals surface area contributed by atoms with Gasteiger partial charge in [-0.25, -0.2) is 4.79 Å². The van der Waals surface area contributed by atoms with E-state index in [0.29, 0.717) is 27.3 Å². The number of nitrogens with one attached hydrogen (secondary N) is 1. The number of carbonyl (C=O) groups excluding carboxylic acids is 3. The van der Waals surface area contributed by atoms with Crippen molar-refractivity contribution < 1.29 is 23.9 Å². The van der Waals surface area contributed by atoms with Crippen LogP contribution < -0.4 is 15.8 Å².